The molecule has 0 bridgehead atoms. The van der Waals surface area contributed by atoms with Crippen LogP contribution in [0.15, 0.2) is 103 Å². The first-order chi connectivity index (χ1) is 19.4. The molecule has 9 heteroatoms. The van der Waals surface area contributed by atoms with E-state index in [0.717, 1.165) is 26.1 Å². The van der Waals surface area contributed by atoms with Gasteiger partial charge in [-0.2, -0.15) is 0 Å². The van der Waals surface area contributed by atoms with Crippen LogP contribution in [0, 0.1) is 0 Å². The van der Waals surface area contributed by atoms with E-state index in [1.807, 2.05) is 85.1 Å². The number of rotatable bonds is 8. The molecule has 1 aliphatic rings. The van der Waals surface area contributed by atoms with Crippen molar-refractivity contribution in [2.45, 2.75) is 31.4 Å². The zero-order valence-corrected chi connectivity index (χ0v) is 25.4. The molecule has 3 aromatic carbocycles. The highest BCUT2D eigenvalue weighted by atomic mass is 79.9. The summed E-state index contributed by atoms with van der Waals surface area (Å²) in [7, 11) is 0. The Hall–Kier alpha value is -3.40. The van der Waals surface area contributed by atoms with Gasteiger partial charge in [-0.25, -0.2) is 9.79 Å². The summed E-state index contributed by atoms with van der Waals surface area (Å²) in [6.07, 6.45) is 3.83. The molecule has 0 saturated carbocycles. The van der Waals surface area contributed by atoms with Crippen molar-refractivity contribution >= 4 is 51.1 Å². The summed E-state index contributed by atoms with van der Waals surface area (Å²) in [4.78, 5) is 33.4. The number of benzene rings is 3. The fourth-order valence-electron chi connectivity index (χ4n) is 4.53. The van der Waals surface area contributed by atoms with Gasteiger partial charge in [-0.15, -0.1) is 11.8 Å². The van der Waals surface area contributed by atoms with E-state index in [9.17, 15) is 9.59 Å². The Balaban J connectivity index is 1.63. The highest BCUT2D eigenvalue weighted by molar-refractivity contribution is 9.10. The predicted octanol–water partition coefficient (Wildman–Crippen LogP) is 5.86. The number of carbonyl (C=O) groups is 1. The Kier molecular flexibility index (Phi) is 8.73. The van der Waals surface area contributed by atoms with Gasteiger partial charge in [0.1, 0.15) is 12.4 Å². The Labute approximate surface area is 248 Å². The summed E-state index contributed by atoms with van der Waals surface area (Å²) < 4.78 is 14.5. The van der Waals surface area contributed by atoms with Crippen molar-refractivity contribution < 1.29 is 14.3 Å². The molecule has 6 nitrogen and oxygen atoms in total. The van der Waals surface area contributed by atoms with Gasteiger partial charge >= 0.3 is 5.97 Å². The summed E-state index contributed by atoms with van der Waals surface area (Å²) in [6.45, 7) is 4.18. The molecule has 40 heavy (non-hydrogen) atoms. The lowest BCUT2D eigenvalue weighted by molar-refractivity contribution is -0.139. The quantitative estimate of drug-likeness (QED) is 0.179. The summed E-state index contributed by atoms with van der Waals surface area (Å²) in [5.41, 5.74) is 3.30. The zero-order chi connectivity index (χ0) is 28.2. The van der Waals surface area contributed by atoms with E-state index in [4.69, 9.17) is 9.47 Å². The molecule has 1 aliphatic heterocycles. The van der Waals surface area contributed by atoms with Gasteiger partial charge < -0.3 is 9.47 Å². The van der Waals surface area contributed by atoms with Gasteiger partial charge in [0.05, 0.1) is 28.5 Å². The lowest BCUT2D eigenvalue weighted by Crippen LogP contribution is -2.39. The lowest BCUT2D eigenvalue weighted by atomic mass is 9.96. The Morgan fingerprint density at radius 3 is 2.58 bits per heavy atom. The van der Waals surface area contributed by atoms with Gasteiger partial charge in [-0.3, -0.25) is 9.36 Å². The van der Waals surface area contributed by atoms with Crippen LogP contribution in [0.3, 0.4) is 0 Å². The maximum Gasteiger partial charge on any atom is 0.338 e. The largest absolute Gasteiger partial charge is 0.488 e. The predicted molar refractivity (Wildman–Crippen MR) is 164 cm³/mol. The average Bonchev–Trinajstić information content (AvgIpc) is 3.26. The molecule has 1 aromatic heterocycles. The van der Waals surface area contributed by atoms with Crippen LogP contribution in [0.4, 0.5) is 0 Å². The topological polar surface area (TPSA) is 69.9 Å². The number of halogens is 1. The number of aromatic nitrogens is 1. The third-order valence-corrected chi connectivity index (χ3v) is 8.66. The molecule has 0 aliphatic carbocycles. The normalized spacial score (nSPS) is 15.0. The van der Waals surface area contributed by atoms with Crippen LogP contribution in [0.5, 0.6) is 5.75 Å². The highest BCUT2D eigenvalue weighted by Crippen LogP contribution is 2.32. The number of allylic oxidation sites excluding steroid dienone is 1. The van der Waals surface area contributed by atoms with Crippen LogP contribution < -0.4 is 19.6 Å². The Morgan fingerprint density at radius 2 is 1.88 bits per heavy atom. The summed E-state index contributed by atoms with van der Waals surface area (Å²) in [5, 5.41) is 0. The number of esters is 1. The first kappa shape index (κ1) is 28.1. The molecule has 0 N–H and O–H groups in total. The second-order valence-corrected chi connectivity index (χ2v) is 11.8. The maximum atomic E-state index is 14.0. The van der Waals surface area contributed by atoms with Crippen molar-refractivity contribution in [3.8, 4) is 5.75 Å². The SMILES string of the molecule is CCOC(=O)C1=C(C)N=c2s/c(=C\c3cc(Br)ccc3OCc3ccccc3)c(=O)n2[C@H]1c1ccc(SC)cc1. The molecule has 0 spiro atoms. The molecule has 0 unspecified atom stereocenters. The van der Waals surface area contributed by atoms with Crippen molar-refractivity contribution in [1.82, 2.24) is 4.57 Å². The van der Waals surface area contributed by atoms with Gasteiger partial charge in [0.2, 0.25) is 0 Å². The fourth-order valence-corrected chi connectivity index (χ4v) is 6.36. The minimum Gasteiger partial charge on any atom is -0.488 e. The van der Waals surface area contributed by atoms with E-state index in [0.29, 0.717) is 33.0 Å². The second-order valence-electron chi connectivity index (χ2n) is 9.03. The number of carbonyl (C=O) groups excluding carboxylic acids is 1. The van der Waals surface area contributed by atoms with E-state index < -0.39 is 12.0 Å². The minimum atomic E-state index is -0.648. The molecular formula is C31H27BrN2O4S2. The van der Waals surface area contributed by atoms with E-state index in [2.05, 4.69) is 20.9 Å². The lowest BCUT2D eigenvalue weighted by Gasteiger charge is -2.24. The third kappa shape index (κ3) is 5.87. The molecule has 4 aromatic rings. The Morgan fingerprint density at radius 1 is 1.12 bits per heavy atom. The van der Waals surface area contributed by atoms with Crippen LogP contribution in [-0.2, 0) is 16.1 Å². The van der Waals surface area contributed by atoms with E-state index >= 15 is 0 Å². The Bertz CT molecular complexity index is 1760. The molecule has 2 heterocycles. The second kappa shape index (κ2) is 12.4. The van der Waals surface area contributed by atoms with E-state index in [1.54, 1.807) is 30.2 Å². The number of fused-ring (bicyclic) bond motifs is 1. The number of hydrogen-bond donors (Lipinski definition) is 0. The van der Waals surface area contributed by atoms with Gasteiger partial charge in [-0.05, 0) is 67.6 Å². The van der Waals surface area contributed by atoms with Crippen molar-refractivity contribution in [2.75, 3.05) is 12.9 Å². The van der Waals surface area contributed by atoms with Gasteiger partial charge in [-0.1, -0.05) is 69.7 Å². The average molecular weight is 636 g/mol. The van der Waals surface area contributed by atoms with Gasteiger partial charge in [0.25, 0.3) is 5.56 Å². The molecule has 0 radical (unpaired) electrons. The van der Waals surface area contributed by atoms with Crippen LogP contribution in [0.2, 0.25) is 0 Å². The molecule has 1 atom stereocenters. The van der Waals surface area contributed by atoms with Crippen molar-refractivity contribution in [3.05, 3.63) is 125 Å². The van der Waals surface area contributed by atoms with Crippen molar-refractivity contribution in [3.63, 3.8) is 0 Å². The number of nitrogens with zero attached hydrogens (tertiary/aromatic N) is 2. The minimum absolute atomic E-state index is 0.229. The zero-order valence-electron chi connectivity index (χ0n) is 22.2. The standard InChI is InChI=1S/C31H27BrN2O4S2/c1-4-37-30(36)27-19(2)33-31-34(28(27)21-10-13-24(39-3)14-11-21)29(35)26(40-31)17-22-16-23(32)12-15-25(22)38-18-20-8-6-5-7-9-20/h5-17,28H,4,18H2,1-3H3/b26-17-/t28-/m0/s1. The summed E-state index contributed by atoms with van der Waals surface area (Å²) >= 11 is 6.47. The third-order valence-electron chi connectivity index (χ3n) is 6.44. The van der Waals surface area contributed by atoms with E-state index in [-0.39, 0.29) is 12.2 Å². The van der Waals surface area contributed by atoms with Crippen molar-refractivity contribution in [1.29, 1.82) is 0 Å². The van der Waals surface area contributed by atoms with Crippen LogP contribution in [0.25, 0.3) is 6.08 Å². The van der Waals surface area contributed by atoms with Gasteiger partial charge in [0, 0.05) is 14.9 Å². The number of hydrogen-bond acceptors (Lipinski definition) is 7. The molecule has 0 saturated heterocycles. The van der Waals surface area contributed by atoms with Crippen LogP contribution in [-0.4, -0.2) is 23.4 Å². The molecule has 5 rings (SSSR count). The van der Waals surface area contributed by atoms with Crippen LogP contribution in [0.1, 0.15) is 36.6 Å². The molecule has 0 fully saturated rings. The molecular weight excluding hydrogens is 608 g/mol. The number of ether oxygens (including phenoxy) is 2. The fraction of sp³-hybridized carbons (Fsp3) is 0.194. The highest BCUT2D eigenvalue weighted by Gasteiger charge is 2.33. The maximum absolute atomic E-state index is 14.0. The number of thiazole rings is 1. The van der Waals surface area contributed by atoms with Crippen molar-refractivity contribution in [2.24, 2.45) is 4.99 Å². The first-order valence-electron chi connectivity index (χ1n) is 12.7. The van der Waals surface area contributed by atoms with E-state index in [1.165, 1.54) is 11.3 Å². The molecule has 0 amide bonds. The summed E-state index contributed by atoms with van der Waals surface area (Å²) in [6, 6.07) is 22.9. The van der Waals surface area contributed by atoms with Gasteiger partial charge in [0.15, 0.2) is 4.80 Å². The smallest absolute Gasteiger partial charge is 0.338 e. The first-order valence-corrected chi connectivity index (χ1v) is 15.5. The summed E-state index contributed by atoms with van der Waals surface area (Å²) in [5.74, 6) is 0.186. The molecule has 204 valence electrons. The number of thioether (sulfide) groups is 1. The monoisotopic (exact) mass is 634 g/mol. The van der Waals surface area contributed by atoms with Crippen LogP contribution >= 0.6 is 39.0 Å².